The maximum atomic E-state index is 13.4. The van der Waals surface area contributed by atoms with Gasteiger partial charge >= 0.3 is 0 Å². The predicted octanol–water partition coefficient (Wildman–Crippen LogP) is 5.17. The van der Waals surface area contributed by atoms with E-state index < -0.39 is 0 Å². The molecule has 6 rings (SSSR count). The largest absolute Gasteiger partial charge is 0.355 e. The van der Waals surface area contributed by atoms with Gasteiger partial charge in [-0.15, -0.1) is 0 Å². The van der Waals surface area contributed by atoms with Crippen LogP contribution in [0.2, 0.25) is 0 Å². The third kappa shape index (κ3) is 6.47. The molecular weight excluding hydrogens is 510 g/mol. The molecule has 1 atom stereocenters. The number of hydrogen-bond donors (Lipinski definition) is 3. The van der Waals surface area contributed by atoms with Crippen molar-refractivity contribution in [2.24, 2.45) is 5.92 Å². The molecule has 3 N–H and O–H groups in total. The summed E-state index contributed by atoms with van der Waals surface area (Å²) < 4.78 is 0. The molecule has 0 saturated carbocycles. The highest BCUT2D eigenvalue weighted by molar-refractivity contribution is 6.07. The van der Waals surface area contributed by atoms with Gasteiger partial charge in [-0.05, 0) is 73.5 Å². The first kappa shape index (κ1) is 26.7. The van der Waals surface area contributed by atoms with Crippen molar-refractivity contribution in [3.63, 3.8) is 0 Å². The van der Waals surface area contributed by atoms with Crippen LogP contribution >= 0.6 is 0 Å². The molecule has 1 aromatic heterocycles. The Morgan fingerprint density at radius 3 is 2.44 bits per heavy atom. The number of benzene rings is 2. The zero-order chi connectivity index (χ0) is 28.0. The molecule has 208 valence electrons. The first-order valence-electron chi connectivity index (χ1n) is 14.4. The number of anilines is 1. The van der Waals surface area contributed by atoms with Crippen LogP contribution in [0.25, 0.3) is 5.70 Å². The number of aromatic nitrogens is 1. The molecule has 0 radical (unpaired) electrons. The standard InChI is InChI=1S/C34H35N5O2/c40-31(22-27-11-5-6-18-35-27)36-28-16-17-30-29(21-28)32(34(41)38-30)33(25-9-3-1-4-10-25)37-26-14-12-24(13-15-26)23-39-19-7-2-8-20-39/h1,3-6,9-18,29,37H,2,7-8,19-23H2,(H,36,40)(H,38,41). The van der Waals surface area contributed by atoms with E-state index in [0.29, 0.717) is 17.7 Å². The Labute approximate surface area is 241 Å². The molecule has 2 saturated heterocycles. The number of amides is 2. The zero-order valence-corrected chi connectivity index (χ0v) is 23.1. The van der Waals surface area contributed by atoms with Crippen molar-refractivity contribution in [1.82, 2.24) is 20.5 Å². The summed E-state index contributed by atoms with van der Waals surface area (Å²) >= 11 is 0. The number of carbonyl (C=O) groups is 2. The third-order valence-electron chi connectivity index (χ3n) is 7.89. The smallest absolute Gasteiger partial charge is 0.254 e. The number of allylic oxidation sites excluding steroid dienone is 4. The van der Waals surface area contributed by atoms with E-state index in [1.165, 1.54) is 24.8 Å². The lowest BCUT2D eigenvalue weighted by Gasteiger charge is -2.26. The molecule has 2 aliphatic heterocycles. The van der Waals surface area contributed by atoms with Crippen LogP contribution in [0.4, 0.5) is 5.69 Å². The van der Waals surface area contributed by atoms with E-state index in [1.807, 2.05) is 60.7 Å². The quantitative estimate of drug-likeness (QED) is 0.340. The Kier molecular flexibility index (Phi) is 8.05. The highest BCUT2D eigenvalue weighted by Gasteiger charge is 2.38. The monoisotopic (exact) mass is 545 g/mol. The minimum absolute atomic E-state index is 0.121. The van der Waals surface area contributed by atoms with E-state index in [4.69, 9.17) is 0 Å². The average Bonchev–Trinajstić information content (AvgIpc) is 3.33. The Hall–Kier alpha value is -4.49. The van der Waals surface area contributed by atoms with E-state index >= 15 is 0 Å². The number of hydrogen-bond acceptors (Lipinski definition) is 5. The van der Waals surface area contributed by atoms with Crippen LogP contribution in [0, 0.1) is 5.92 Å². The molecule has 2 fully saturated rings. The normalized spacial score (nSPS) is 19.9. The third-order valence-corrected chi connectivity index (χ3v) is 7.89. The molecule has 1 unspecified atom stereocenters. The van der Waals surface area contributed by atoms with Gasteiger partial charge in [0, 0.05) is 47.9 Å². The second-order valence-corrected chi connectivity index (χ2v) is 10.9. The first-order chi connectivity index (χ1) is 20.1. The maximum absolute atomic E-state index is 13.4. The van der Waals surface area contributed by atoms with Crippen LogP contribution in [-0.2, 0) is 22.6 Å². The van der Waals surface area contributed by atoms with Gasteiger partial charge in [-0.25, -0.2) is 0 Å². The lowest BCUT2D eigenvalue weighted by atomic mass is 9.88. The number of piperidine rings is 1. The highest BCUT2D eigenvalue weighted by Crippen LogP contribution is 2.39. The van der Waals surface area contributed by atoms with Gasteiger partial charge in [0.25, 0.3) is 5.91 Å². The maximum Gasteiger partial charge on any atom is 0.254 e. The van der Waals surface area contributed by atoms with Gasteiger partial charge in [0.1, 0.15) is 0 Å². The molecule has 7 heteroatoms. The van der Waals surface area contributed by atoms with Gasteiger partial charge in [0.05, 0.1) is 17.7 Å². The topological polar surface area (TPSA) is 86.4 Å². The van der Waals surface area contributed by atoms with E-state index in [-0.39, 0.29) is 24.2 Å². The van der Waals surface area contributed by atoms with Crippen molar-refractivity contribution in [3.05, 3.63) is 125 Å². The first-order valence-corrected chi connectivity index (χ1v) is 14.4. The van der Waals surface area contributed by atoms with Gasteiger partial charge in [-0.1, -0.05) is 55.0 Å². The van der Waals surface area contributed by atoms with Crippen LogP contribution in [0.5, 0.6) is 0 Å². The molecular formula is C34H35N5O2. The summed E-state index contributed by atoms with van der Waals surface area (Å²) in [4.78, 5) is 32.9. The van der Waals surface area contributed by atoms with Crippen LogP contribution in [-0.4, -0.2) is 34.8 Å². The number of fused-ring (bicyclic) bond motifs is 1. The van der Waals surface area contributed by atoms with Gasteiger partial charge in [-0.2, -0.15) is 0 Å². The Bertz CT molecular complexity index is 1490. The zero-order valence-electron chi connectivity index (χ0n) is 23.1. The number of likely N-dealkylation sites (tertiary alicyclic amines) is 1. The summed E-state index contributed by atoms with van der Waals surface area (Å²) in [6.45, 7) is 3.29. The number of pyridine rings is 1. The van der Waals surface area contributed by atoms with Crippen molar-refractivity contribution >= 4 is 23.2 Å². The van der Waals surface area contributed by atoms with Crippen molar-refractivity contribution in [2.75, 3.05) is 18.4 Å². The number of nitrogens with one attached hydrogen (secondary N) is 3. The van der Waals surface area contributed by atoms with Gasteiger partial charge in [0.2, 0.25) is 5.91 Å². The van der Waals surface area contributed by atoms with E-state index in [1.54, 1.807) is 6.20 Å². The molecule has 7 nitrogen and oxygen atoms in total. The molecule has 1 aliphatic carbocycles. The van der Waals surface area contributed by atoms with Crippen LogP contribution < -0.4 is 16.0 Å². The molecule has 0 spiro atoms. The predicted molar refractivity (Wildman–Crippen MR) is 161 cm³/mol. The van der Waals surface area contributed by atoms with E-state index in [9.17, 15) is 9.59 Å². The second kappa shape index (κ2) is 12.4. The molecule has 3 aliphatic rings. The van der Waals surface area contributed by atoms with Crippen LogP contribution in [0.15, 0.2) is 108 Å². The summed E-state index contributed by atoms with van der Waals surface area (Å²) in [6.07, 6.45) is 10.1. The summed E-state index contributed by atoms with van der Waals surface area (Å²) in [7, 11) is 0. The summed E-state index contributed by atoms with van der Waals surface area (Å²) in [5.41, 5.74) is 6.95. The Morgan fingerprint density at radius 2 is 1.68 bits per heavy atom. The SMILES string of the molecule is O=C(Cc1ccccn1)NC1=CC=C2NC(=O)C(=C(Nc3ccc(CN4CCCCC4)cc3)c3ccccc3)C2C1. The fourth-order valence-electron chi connectivity index (χ4n) is 5.83. The second-order valence-electron chi connectivity index (χ2n) is 10.9. The molecule has 2 amide bonds. The van der Waals surface area contributed by atoms with Crippen molar-refractivity contribution < 1.29 is 9.59 Å². The minimum atomic E-state index is -0.196. The number of carbonyl (C=O) groups excluding carboxylic acids is 2. The summed E-state index contributed by atoms with van der Waals surface area (Å²) in [5.74, 6) is -0.442. The van der Waals surface area contributed by atoms with Crippen molar-refractivity contribution in [3.8, 4) is 0 Å². The molecule has 41 heavy (non-hydrogen) atoms. The Morgan fingerprint density at radius 1 is 0.902 bits per heavy atom. The van der Waals surface area contributed by atoms with Gasteiger partial charge in [-0.3, -0.25) is 19.5 Å². The van der Waals surface area contributed by atoms with Crippen LogP contribution in [0.3, 0.4) is 0 Å². The van der Waals surface area contributed by atoms with Crippen molar-refractivity contribution in [1.29, 1.82) is 0 Å². The average molecular weight is 546 g/mol. The summed E-state index contributed by atoms with van der Waals surface area (Å²) in [5, 5.41) is 9.68. The summed E-state index contributed by atoms with van der Waals surface area (Å²) in [6, 6.07) is 24.0. The lowest BCUT2D eigenvalue weighted by Crippen LogP contribution is -2.29. The lowest BCUT2D eigenvalue weighted by molar-refractivity contribution is -0.120. The minimum Gasteiger partial charge on any atom is -0.355 e. The molecule has 2 aromatic carbocycles. The van der Waals surface area contributed by atoms with Crippen molar-refractivity contribution in [2.45, 2.75) is 38.6 Å². The fraction of sp³-hybridized carbons (Fsp3) is 0.265. The highest BCUT2D eigenvalue weighted by atomic mass is 16.2. The fourth-order valence-corrected chi connectivity index (χ4v) is 5.83. The van der Waals surface area contributed by atoms with Crippen LogP contribution in [0.1, 0.15) is 42.5 Å². The van der Waals surface area contributed by atoms with Gasteiger partial charge in [0.15, 0.2) is 0 Å². The molecule has 3 heterocycles. The Balaban J connectivity index is 1.23. The van der Waals surface area contributed by atoms with E-state index in [0.717, 1.165) is 48.0 Å². The molecule has 3 aromatic rings. The number of nitrogens with zero attached hydrogens (tertiary/aromatic N) is 2. The van der Waals surface area contributed by atoms with Gasteiger partial charge < -0.3 is 16.0 Å². The van der Waals surface area contributed by atoms with E-state index in [2.05, 4.69) is 50.1 Å². The number of rotatable bonds is 8. The molecule has 0 bridgehead atoms.